The van der Waals surface area contributed by atoms with Crippen LogP contribution < -0.4 is 19.5 Å². The van der Waals surface area contributed by atoms with Crippen molar-refractivity contribution in [1.29, 1.82) is 0 Å². The van der Waals surface area contributed by atoms with Crippen LogP contribution in [0.15, 0.2) is 54.7 Å². The lowest BCUT2D eigenvalue weighted by Gasteiger charge is -2.11. The topological polar surface area (TPSA) is 65.5 Å². The average Bonchev–Trinajstić information content (AvgIpc) is 2.89. The van der Waals surface area contributed by atoms with Gasteiger partial charge in [-0.2, -0.15) is 4.98 Å². The molecule has 0 fully saturated rings. The van der Waals surface area contributed by atoms with Crippen LogP contribution >= 0.6 is 0 Å². The van der Waals surface area contributed by atoms with Crippen LogP contribution in [0.1, 0.15) is 6.42 Å². The van der Waals surface area contributed by atoms with E-state index in [-0.39, 0.29) is 5.82 Å². The Balaban J connectivity index is 1.50. The van der Waals surface area contributed by atoms with Crippen molar-refractivity contribution in [2.75, 3.05) is 18.5 Å². The predicted octanol–water partition coefficient (Wildman–Crippen LogP) is 4.31. The fourth-order valence-electron chi connectivity index (χ4n) is 2.45. The van der Waals surface area contributed by atoms with E-state index in [0.29, 0.717) is 36.5 Å². The minimum absolute atomic E-state index is 0.322. The molecule has 4 rings (SSSR count). The second-order valence-corrected chi connectivity index (χ2v) is 5.61. The second kappa shape index (κ2) is 7.26. The molecule has 0 radical (unpaired) electrons. The van der Waals surface area contributed by atoms with E-state index in [0.717, 1.165) is 17.9 Å². The first-order valence-electron chi connectivity index (χ1n) is 8.19. The Hall–Kier alpha value is -3.35. The van der Waals surface area contributed by atoms with Crippen molar-refractivity contribution in [2.24, 2.45) is 0 Å². The Kier molecular flexibility index (Phi) is 4.51. The highest BCUT2D eigenvalue weighted by Gasteiger charge is 2.11. The molecule has 2 aromatic carbocycles. The monoisotopic (exact) mass is 353 g/mol. The number of anilines is 2. The molecule has 0 bridgehead atoms. The first-order valence-corrected chi connectivity index (χ1v) is 8.19. The molecule has 0 saturated heterocycles. The first-order chi connectivity index (χ1) is 12.8. The Morgan fingerprint density at radius 3 is 2.62 bits per heavy atom. The predicted molar refractivity (Wildman–Crippen MR) is 93.8 cm³/mol. The molecule has 132 valence electrons. The van der Waals surface area contributed by atoms with E-state index in [9.17, 15) is 4.39 Å². The molecule has 0 saturated carbocycles. The smallest absolute Gasteiger partial charge is 0.230 e. The van der Waals surface area contributed by atoms with Gasteiger partial charge in [0.15, 0.2) is 11.5 Å². The van der Waals surface area contributed by atoms with E-state index in [1.165, 1.54) is 24.3 Å². The number of halogens is 1. The number of rotatable bonds is 4. The summed E-state index contributed by atoms with van der Waals surface area (Å²) in [7, 11) is 0. The van der Waals surface area contributed by atoms with Crippen LogP contribution in [0.2, 0.25) is 0 Å². The Bertz CT molecular complexity index is 903. The summed E-state index contributed by atoms with van der Waals surface area (Å²) in [6.07, 6.45) is 2.43. The maximum Gasteiger partial charge on any atom is 0.230 e. The molecule has 2 heterocycles. The van der Waals surface area contributed by atoms with Gasteiger partial charge in [0.2, 0.25) is 11.8 Å². The Morgan fingerprint density at radius 1 is 0.962 bits per heavy atom. The molecule has 1 aliphatic heterocycles. The van der Waals surface area contributed by atoms with Gasteiger partial charge in [-0.3, -0.25) is 0 Å². The highest BCUT2D eigenvalue weighted by Crippen LogP contribution is 2.33. The van der Waals surface area contributed by atoms with Crippen molar-refractivity contribution in [2.45, 2.75) is 6.42 Å². The third-order valence-electron chi connectivity index (χ3n) is 3.67. The minimum Gasteiger partial charge on any atom is -0.490 e. The third-order valence-corrected chi connectivity index (χ3v) is 3.67. The van der Waals surface area contributed by atoms with Crippen molar-refractivity contribution in [3.63, 3.8) is 0 Å². The van der Waals surface area contributed by atoms with Gasteiger partial charge in [-0.25, -0.2) is 9.37 Å². The lowest BCUT2D eigenvalue weighted by molar-refractivity contribution is 0.297. The molecule has 0 atom stereocenters. The molecular formula is C19H16FN3O3. The highest BCUT2D eigenvalue weighted by molar-refractivity contribution is 5.60. The van der Waals surface area contributed by atoms with Gasteiger partial charge >= 0.3 is 0 Å². The van der Waals surface area contributed by atoms with Crippen LogP contribution in [0.4, 0.5) is 16.0 Å². The van der Waals surface area contributed by atoms with E-state index in [4.69, 9.17) is 14.2 Å². The summed E-state index contributed by atoms with van der Waals surface area (Å²) in [6.45, 7) is 1.26. The van der Waals surface area contributed by atoms with E-state index < -0.39 is 0 Å². The molecule has 3 aromatic rings. The standard InChI is InChI=1S/C19H16FN3O3/c20-13-2-5-15(6-3-13)26-18-8-9-21-19(23-18)22-14-4-7-16-17(12-14)25-11-1-10-24-16/h2-9,12H,1,10-11H2,(H,21,22,23). The summed E-state index contributed by atoms with van der Waals surface area (Å²) < 4.78 is 29.9. The number of nitrogens with one attached hydrogen (secondary N) is 1. The van der Waals surface area contributed by atoms with Crippen molar-refractivity contribution in [3.8, 4) is 23.1 Å². The van der Waals surface area contributed by atoms with Crippen molar-refractivity contribution < 1.29 is 18.6 Å². The lowest BCUT2D eigenvalue weighted by atomic mass is 10.3. The summed E-state index contributed by atoms with van der Waals surface area (Å²) in [6, 6.07) is 12.9. The van der Waals surface area contributed by atoms with Gasteiger partial charge in [0.1, 0.15) is 11.6 Å². The van der Waals surface area contributed by atoms with Crippen LogP contribution in [0, 0.1) is 5.82 Å². The molecule has 6 nitrogen and oxygen atoms in total. The van der Waals surface area contributed by atoms with Crippen LogP contribution in [0.5, 0.6) is 23.1 Å². The number of hydrogen-bond acceptors (Lipinski definition) is 6. The maximum atomic E-state index is 13.0. The Morgan fingerprint density at radius 2 is 1.77 bits per heavy atom. The van der Waals surface area contributed by atoms with Gasteiger partial charge in [0.25, 0.3) is 0 Å². The van der Waals surface area contributed by atoms with Gasteiger partial charge < -0.3 is 19.5 Å². The largest absolute Gasteiger partial charge is 0.490 e. The van der Waals surface area contributed by atoms with Crippen molar-refractivity contribution in [1.82, 2.24) is 9.97 Å². The number of nitrogens with zero attached hydrogens (tertiary/aromatic N) is 2. The molecule has 0 unspecified atom stereocenters. The molecule has 1 aliphatic rings. The lowest BCUT2D eigenvalue weighted by Crippen LogP contribution is -1.99. The Labute approximate surface area is 149 Å². The molecule has 1 aromatic heterocycles. The van der Waals surface area contributed by atoms with E-state index in [1.54, 1.807) is 12.3 Å². The molecule has 7 heteroatoms. The van der Waals surface area contributed by atoms with Gasteiger partial charge in [-0.05, 0) is 36.4 Å². The van der Waals surface area contributed by atoms with E-state index in [2.05, 4.69) is 15.3 Å². The van der Waals surface area contributed by atoms with Crippen molar-refractivity contribution >= 4 is 11.6 Å². The van der Waals surface area contributed by atoms with Crippen LogP contribution in [0.3, 0.4) is 0 Å². The molecule has 0 spiro atoms. The summed E-state index contributed by atoms with van der Waals surface area (Å²) in [4.78, 5) is 8.49. The molecule has 0 amide bonds. The summed E-state index contributed by atoms with van der Waals surface area (Å²) >= 11 is 0. The van der Waals surface area contributed by atoms with E-state index in [1.807, 2.05) is 18.2 Å². The SMILES string of the molecule is Fc1ccc(Oc2ccnc(Nc3ccc4c(c3)OCCCO4)n2)cc1. The number of fused-ring (bicyclic) bond motifs is 1. The maximum absolute atomic E-state index is 13.0. The normalized spacial score (nSPS) is 13.0. The van der Waals surface area contributed by atoms with Crippen LogP contribution in [0.25, 0.3) is 0 Å². The fourth-order valence-corrected chi connectivity index (χ4v) is 2.45. The third kappa shape index (κ3) is 3.83. The van der Waals surface area contributed by atoms with Gasteiger partial charge in [-0.1, -0.05) is 0 Å². The van der Waals surface area contributed by atoms with Crippen LogP contribution in [-0.4, -0.2) is 23.2 Å². The number of benzene rings is 2. The molecule has 26 heavy (non-hydrogen) atoms. The van der Waals surface area contributed by atoms with Crippen molar-refractivity contribution in [3.05, 3.63) is 60.5 Å². The first kappa shape index (κ1) is 16.1. The second-order valence-electron chi connectivity index (χ2n) is 5.61. The number of aromatic nitrogens is 2. The zero-order chi connectivity index (χ0) is 17.8. The van der Waals surface area contributed by atoms with Gasteiger partial charge in [0, 0.05) is 30.4 Å². The van der Waals surface area contributed by atoms with Gasteiger partial charge in [-0.15, -0.1) is 0 Å². The molecule has 0 aliphatic carbocycles. The quantitative estimate of drug-likeness (QED) is 0.754. The van der Waals surface area contributed by atoms with Crippen LogP contribution in [-0.2, 0) is 0 Å². The number of hydrogen-bond donors (Lipinski definition) is 1. The summed E-state index contributed by atoms with van der Waals surface area (Å²) in [5, 5.41) is 3.11. The molecule has 1 N–H and O–H groups in total. The minimum atomic E-state index is -0.322. The van der Waals surface area contributed by atoms with E-state index >= 15 is 0 Å². The summed E-state index contributed by atoms with van der Waals surface area (Å²) in [5.74, 6) is 2.31. The average molecular weight is 353 g/mol. The molecular weight excluding hydrogens is 337 g/mol. The van der Waals surface area contributed by atoms with Gasteiger partial charge in [0.05, 0.1) is 13.2 Å². The highest BCUT2D eigenvalue weighted by atomic mass is 19.1. The zero-order valence-electron chi connectivity index (χ0n) is 13.8. The zero-order valence-corrected chi connectivity index (χ0v) is 13.8. The number of ether oxygens (including phenoxy) is 3. The summed E-state index contributed by atoms with van der Waals surface area (Å²) in [5.41, 5.74) is 0.771. The fraction of sp³-hybridized carbons (Fsp3) is 0.158.